The highest BCUT2D eigenvalue weighted by atomic mass is 32.2. The van der Waals surface area contributed by atoms with E-state index in [-0.39, 0.29) is 5.91 Å². The van der Waals surface area contributed by atoms with E-state index < -0.39 is 0 Å². The molecule has 0 spiro atoms. The monoisotopic (exact) mass is 323 g/mol. The molecule has 0 aliphatic carbocycles. The maximum Gasteiger partial charge on any atom is 0.266 e. The van der Waals surface area contributed by atoms with Gasteiger partial charge in [0.05, 0.1) is 12.0 Å². The van der Waals surface area contributed by atoms with Crippen molar-refractivity contribution in [3.63, 3.8) is 0 Å². The van der Waals surface area contributed by atoms with Crippen LogP contribution in [0.3, 0.4) is 0 Å². The third kappa shape index (κ3) is 4.06. The van der Waals surface area contributed by atoms with E-state index in [2.05, 4.69) is 0 Å². The Morgan fingerprint density at radius 2 is 2.00 bits per heavy atom. The maximum absolute atomic E-state index is 12.3. The molecule has 0 saturated carbocycles. The Kier molecular flexibility index (Phi) is 5.78. The van der Waals surface area contributed by atoms with Gasteiger partial charge < -0.3 is 9.47 Å². The lowest BCUT2D eigenvalue weighted by molar-refractivity contribution is -0.122. The third-order valence-corrected chi connectivity index (χ3v) is 4.40. The predicted molar refractivity (Wildman–Crippen MR) is 89.4 cm³/mol. The van der Waals surface area contributed by atoms with E-state index in [0.717, 1.165) is 17.7 Å². The van der Waals surface area contributed by atoms with E-state index in [1.54, 1.807) is 19.1 Å². The van der Waals surface area contributed by atoms with Crippen LogP contribution in [0, 0.1) is 0 Å². The topological polar surface area (TPSA) is 38.8 Å². The van der Waals surface area contributed by atoms with E-state index in [0.29, 0.717) is 22.4 Å². The van der Waals surface area contributed by atoms with Gasteiger partial charge in [0.25, 0.3) is 5.91 Å². The largest absolute Gasteiger partial charge is 0.497 e. The Bertz CT molecular complexity index is 555. The van der Waals surface area contributed by atoms with Crippen molar-refractivity contribution in [1.82, 2.24) is 4.90 Å². The summed E-state index contributed by atoms with van der Waals surface area (Å²) in [5.41, 5.74) is 0.952. The summed E-state index contributed by atoms with van der Waals surface area (Å²) in [5.74, 6) is 0.760. The Morgan fingerprint density at radius 3 is 2.62 bits per heavy atom. The van der Waals surface area contributed by atoms with Crippen molar-refractivity contribution in [3.05, 3.63) is 34.7 Å². The molecule has 0 bridgehead atoms. The summed E-state index contributed by atoms with van der Waals surface area (Å²) < 4.78 is 10.7. The minimum absolute atomic E-state index is 0.0306. The quantitative estimate of drug-likeness (QED) is 0.457. The molecule has 1 amide bonds. The second kappa shape index (κ2) is 7.59. The Balaban J connectivity index is 2.08. The summed E-state index contributed by atoms with van der Waals surface area (Å²) in [6, 6.07) is 7.56. The highest BCUT2D eigenvalue weighted by molar-refractivity contribution is 8.26. The van der Waals surface area contributed by atoms with E-state index >= 15 is 0 Å². The third-order valence-electron chi connectivity index (χ3n) is 3.02. The summed E-state index contributed by atoms with van der Waals surface area (Å²) in [5, 5.41) is 0. The first-order chi connectivity index (χ1) is 10.2. The van der Waals surface area contributed by atoms with Gasteiger partial charge in [0.15, 0.2) is 0 Å². The molecule has 1 aliphatic heterocycles. The minimum Gasteiger partial charge on any atom is -0.497 e. The van der Waals surface area contributed by atoms with Gasteiger partial charge in [0, 0.05) is 20.3 Å². The summed E-state index contributed by atoms with van der Waals surface area (Å²) >= 11 is 6.61. The Labute approximate surface area is 134 Å². The van der Waals surface area contributed by atoms with E-state index in [1.807, 2.05) is 30.3 Å². The average Bonchev–Trinajstić information content (AvgIpc) is 2.75. The molecule has 112 valence electrons. The first-order valence-corrected chi connectivity index (χ1v) is 7.76. The van der Waals surface area contributed by atoms with E-state index in [1.165, 1.54) is 11.8 Å². The number of carbonyl (C=O) groups excluding carboxylic acids is 1. The van der Waals surface area contributed by atoms with Crippen molar-refractivity contribution < 1.29 is 14.3 Å². The van der Waals surface area contributed by atoms with E-state index in [9.17, 15) is 4.79 Å². The zero-order valence-electron chi connectivity index (χ0n) is 12.0. The number of benzene rings is 1. The highest BCUT2D eigenvalue weighted by Gasteiger charge is 2.31. The second-order valence-electron chi connectivity index (χ2n) is 4.45. The fourth-order valence-corrected chi connectivity index (χ4v) is 3.22. The van der Waals surface area contributed by atoms with Gasteiger partial charge in [-0.05, 0) is 30.2 Å². The van der Waals surface area contributed by atoms with Crippen LogP contribution in [0.25, 0.3) is 6.08 Å². The smallest absolute Gasteiger partial charge is 0.266 e. The average molecular weight is 323 g/mol. The number of thioether (sulfide) groups is 1. The molecule has 1 saturated heterocycles. The lowest BCUT2D eigenvalue weighted by atomic mass is 10.2. The summed E-state index contributed by atoms with van der Waals surface area (Å²) in [6.07, 6.45) is 2.63. The van der Waals surface area contributed by atoms with E-state index in [4.69, 9.17) is 21.7 Å². The van der Waals surface area contributed by atoms with Crippen LogP contribution >= 0.6 is 24.0 Å². The fraction of sp³-hybridized carbons (Fsp3) is 0.333. The van der Waals surface area contributed by atoms with Gasteiger partial charge in [0.2, 0.25) is 0 Å². The number of nitrogens with zero attached hydrogens (tertiary/aromatic N) is 1. The zero-order chi connectivity index (χ0) is 15.2. The molecule has 0 N–H and O–H groups in total. The Morgan fingerprint density at radius 1 is 1.29 bits per heavy atom. The van der Waals surface area contributed by atoms with Gasteiger partial charge in [-0.25, -0.2) is 0 Å². The summed E-state index contributed by atoms with van der Waals surface area (Å²) in [4.78, 5) is 14.6. The molecule has 1 aliphatic rings. The summed E-state index contributed by atoms with van der Waals surface area (Å²) in [6.45, 7) is 1.22. The maximum atomic E-state index is 12.3. The summed E-state index contributed by atoms with van der Waals surface area (Å²) in [7, 11) is 3.27. The molecule has 0 unspecified atom stereocenters. The lowest BCUT2D eigenvalue weighted by Crippen LogP contribution is -2.29. The standard InChI is InChI=1S/C15H17NO3S2/c1-18-9-3-8-16-14(17)13(21-15(16)20)10-11-4-6-12(19-2)7-5-11/h4-7,10H,3,8-9H2,1-2H3. The molecule has 6 heteroatoms. The number of rotatable bonds is 6. The molecular weight excluding hydrogens is 306 g/mol. The molecule has 0 aromatic heterocycles. The van der Waals surface area contributed by atoms with Crippen molar-refractivity contribution in [2.75, 3.05) is 27.4 Å². The first kappa shape index (κ1) is 16.0. The number of ether oxygens (including phenoxy) is 2. The van der Waals surface area contributed by atoms with Crippen LogP contribution in [-0.4, -0.2) is 42.5 Å². The number of hydrogen-bond acceptors (Lipinski definition) is 5. The van der Waals surface area contributed by atoms with Crippen LogP contribution in [0.4, 0.5) is 0 Å². The number of methoxy groups -OCH3 is 2. The predicted octanol–water partition coefficient (Wildman–Crippen LogP) is 2.93. The number of thiocarbonyl (C=S) groups is 1. The van der Waals surface area contributed by atoms with Crippen LogP contribution in [0.5, 0.6) is 5.75 Å². The minimum atomic E-state index is -0.0306. The Hall–Kier alpha value is -1.37. The van der Waals surface area contributed by atoms with Gasteiger partial charge in [-0.3, -0.25) is 9.69 Å². The number of carbonyl (C=O) groups is 1. The molecule has 1 fully saturated rings. The first-order valence-electron chi connectivity index (χ1n) is 6.54. The normalized spacial score (nSPS) is 16.9. The van der Waals surface area contributed by atoms with Crippen molar-refractivity contribution in [3.8, 4) is 5.75 Å². The van der Waals surface area contributed by atoms with Gasteiger partial charge in [-0.15, -0.1) is 0 Å². The molecule has 0 atom stereocenters. The molecule has 1 aromatic carbocycles. The second-order valence-corrected chi connectivity index (χ2v) is 6.13. The molecule has 2 rings (SSSR count). The molecule has 21 heavy (non-hydrogen) atoms. The van der Waals surface area contributed by atoms with Gasteiger partial charge in [-0.1, -0.05) is 36.1 Å². The number of hydrogen-bond donors (Lipinski definition) is 0. The fourth-order valence-electron chi connectivity index (χ4n) is 1.91. The van der Waals surface area contributed by atoms with Gasteiger partial charge in [0.1, 0.15) is 10.1 Å². The van der Waals surface area contributed by atoms with Crippen LogP contribution in [0.15, 0.2) is 29.2 Å². The molecule has 0 radical (unpaired) electrons. The van der Waals surface area contributed by atoms with Gasteiger partial charge >= 0.3 is 0 Å². The molecule has 1 heterocycles. The van der Waals surface area contributed by atoms with Gasteiger partial charge in [-0.2, -0.15) is 0 Å². The molecule has 4 nitrogen and oxygen atoms in total. The lowest BCUT2D eigenvalue weighted by Gasteiger charge is -2.13. The number of amides is 1. The van der Waals surface area contributed by atoms with Crippen LogP contribution < -0.4 is 4.74 Å². The highest BCUT2D eigenvalue weighted by Crippen LogP contribution is 2.32. The van der Waals surface area contributed by atoms with Crippen molar-refractivity contribution in [2.45, 2.75) is 6.42 Å². The SMILES string of the molecule is COCCCN1C(=O)C(=Cc2ccc(OC)cc2)SC1=S. The zero-order valence-corrected chi connectivity index (χ0v) is 13.6. The van der Waals surface area contributed by atoms with Crippen LogP contribution in [-0.2, 0) is 9.53 Å². The van der Waals surface area contributed by atoms with Crippen molar-refractivity contribution >= 4 is 40.3 Å². The van der Waals surface area contributed by atoms with Crippen molar-refractivity contribution in [1.29, 1.82) is 0 Å². The van der Waals surface area contributed by atoms with Crippen LogP contribution in [0.2, 0.25) is 0 Å². The van der Waals surface area contributed by atoms with Crippen LogP contribution in [0.1, 0.15) is 12.0 Å². The molecule has 1 aromatic rings. The van der Waals surface area contributed by atoms with Crippen molar-refractivity contribution in [2.24, 2.45) is 0 Å². The molecular formula is C15H17NO3S2.